The number of hydrogen-bond acceptors (Lipinski definition) is 7. The summed E-state index contributed by atoms with van der Waals surface area (Å²) in [5, 5.41) is 21.2. The van der Waals surface area contributed by atoms with Gasteiger partial charge in [-0.05, 0) is 36.3 Å². The molecule has 1 fully saturated rings. The Morgan fingerprint density at radius 2 is 2.14 bits per heavy atom. The zero-order chi connectivity index (χ0) is 21.1. The number of carbonyl (C=O) groups is 1. The van der Waals surface area contributed by atoms with Gasteiger partial charge in [0.2, 0.25) is 0 Å². The molecule has 0 radical (unpaired) electrons. The number of nitro groups is 1. The standard InChI is InChI=1S/C20H16N2O5S2/c1-3-5-13-8-12(9-16(27-2)18(13)23)10-17-19(24)21(20(28)29-17)14-6-4-7-15(11-14)22(25)26/h3-4,6-11,23H,1,5H2,2H3. The van der Waals surface area contributed by atoms with Crippen LogP contribution < -0.4 is 9.64 Å². The van der Waals surface area contributed by atoms with Crippen LogP contribution in [0.15, 0.2) is 54.0 Å². The molecule has 1 saturated heterocycles. The van der Waals surface area contributed by atoms with Crippen LogP contribution in [-0.4, -0.2) is 27.4 Å². The van der Waals surface area contributed by atoms with E-state index in [9.17, 15) is 20.0 Å². The fourth-order valence-corrected chi connectivity index (χ4v) is 4.13. The predicted molar refractivity (Wildman–Crippen MR) is 117 cm³/mol. The minimum atomic E-state index is -0.527. The van der Waals surface area contributed by atoms with Crippen molar-refractivity contribution in [2.45, 2.75) is 6.42 Å². The Morgan fingerprint density at radius 1 is 1.38 bits per heavy atom. The number of hydrogen-bond donors (Lipinski definition) is 1. The molecule has 0 spiro atoms. The third kappa shape index (κ3) is 4.15. The second kappa shape index (κ2) is 8.46. The molecule has 0 atom stereocenters. The van der Waals surface area contributed by atoms with Gasteiger partial charge in [0.05, 0.1) is 22.6 Å². The van der Waals surface area contributed by atoms with Crippen molar-refractivity contribution in [3.8, 4) is 11.5 Å². The highest BCUT2D eigenvalue weighted by molar-refractivity contribution is 8.27. The van der Waals surface area contributed by atoms with E-state index in [1.54, 1.807) is 30.4 Å². The lowest BCUT2D eigenvalue weighted by Crippen LogP contribution is -2.27. The molecule has 1 N–H and O–H groups in total. The number of thioether (sulfide) groups is 1. The SMILES string of the molecule is C=CCc1cc(C=C2SC(=S)N(c3cccc([N+](=O)[O-])c3)C2=O)cc(OC)c1O. The molecule has 3 rings (SSSR count). The maximum Gasteiger partial charge on any atom is 0.271 e. The van der Waals surface area contributed by atoms with E-state index in [4.69, 9.17) is 17.0 Å². The zero-order valence-electron chi connectivity index (χ0n) is 15.3. The molecule has 2 aromatic rings. The number of nitrogens with zero attached hydrogens (tertiary/aromatic N) is 2. The van der Waals surface area contributed by atoms with Crippen LogP contribution in [0, 0.1) is 10.1 Å². The highest BCUT2D eigenvalue weighted by Crippen LogP contribution is 2.38. The summed E-state index contributed by atoms with van der Waals surface area (Å²) in [6, 6.07) is 9.09. The number of methoxy groups -OCH3 is 1. The van der Waals surface area contributed by atoms with Crippen LogP contribution in [0.4, 0.5) is 11.4 Å². The van der Waals surface area contributed by atoms with Gasteiger partial charge in [0.15, 0.2) is 15.8 Å². The lowest BCUT2D eigenvalue weighted by Gasteiger charge is -2.14. The lowest BCUT2D eigenvalue weighted by molar-refractivity contribution is -0.384. The number of phenols is 1. The van der Waals surface area contributed by atoms with Crippen LogP contribution >= 0.6 is 24.0 Å². The number of allylic oxidation sites excluding steroid dienone is 1. The molecule has 1 aliphatic heterocycles. The van der Waals surface area contributed by atoms with Gasteiger partial charge in [-0.1, -0.05) is 36.1 Å². The van der Waals surface area contributed by atoms with Gasteiger partial charge in [0.1, 0.15) is 0 Å². The van der Waals surface area contributed by atoms with Crippen molar-refractivity contribution < 1.29 is 19.6 Å². The summed E-state index contributed by atoms with van der Waals surface area (Å²) in [5.41, 5.74) is 1.47. The summed E-state index contributed by atoms with van der Waals surface area (Å²) in [5.74, 6) is -0.0729. The van der Waals surface area contributed by atoms with Gasteiger partial charge >= 0.3 is 0 Å². The molecule has 7 nitrogen and oxygen atoms in total. The van der Waals surface area contributed by atoms with Crippen LogP contribution in [0.5, 0.6) is 11.5 Å². The van der Waals surface area contributed by atoms with Crippen LogP contribution in [0.3, 0.4) is 0 Å². The number of phenolic OH excluding ortho intramolecular Hbond substituents is 1. The molecule has 1 amide bonds. The lowest BCUT2D eigenvalue weighted by atomic mass is 10.1. The first-order chi connectivity index (χ1) is 13.8. The van der Waals surface area contributed by atoms with Crippen LogP contribution in [0.1, 0.15) is 11.1 Å². The number of carbonyl (C=O) groups excluding carboxylic acids is 1. The first-order valence-corrected chi connectivity index (χ1v) is 9.61. The Balaban J connectivity index is 1.98. The van der Waals surface area contributed by atoms with E-state index < -0.39 is 4.92 Å². The van der Waals surface area contributed by atoms with Crippen molar-refractivity contribution >= 4 is 51.7 Å². The summed E-state index contributed by atoms with van der Waals surface area (Å²) in [7, 11) is 1.44. The first-order valence-electron chi connectivity index (χ1n) is 8.39. The van der Waals surface area contributed by atoms with E-state index in [0.717, 1.165) is 11.8 Å². The monoisotopic (exact) mass is 428 g/mol. The molecule has 0 saturated carbocycles. The van der Waals surface area contributed by atoms with Crippen LogP contribution in [-0.2, 0) is 11.2 Å². The number of rotatable bonds is 6. The van der Waals surface area contributed by atoms with Crippen molar-refractivity contribution in [3.05, 3.63) is 75.2 Å². The number of amides is 1. The molecule has 1 aliphatic rings. The number of thiocarbonyl (C=S) groups is 1. The maximum atomic E-state index is 12.9. The zero-order valence-corrected chi connectivity index (χ0v) is 17.0. The minimum absolute atomic E-state index is 0.0219. The fourth-order valence-electron chi connectivity index (χ4n) is 2.83. The molecule has 2 aromatic carbocycles. The third-order valence-corrected chi connectivity index (χ3v) is 5.45. The van der Waals surface area contributed by atoms with E-state index in [1.807, 2.05) is 0 Å². The van der Waals surface area contributed by atoms with Gasteiger partial charge in [-0.3, -0.25) is 19.8 Å². The van der Waals surface area contributed by atoms with Crippen molar-refractivity contribution in [1.29, 1.82) is 0 Å². The molecule has 0 aromatic heterocycles. The van der Waals surface area contributed by atoms with Crippen molar-refractivity contribution in [2.75, 3.05) is 12.0 Å². The van der Waals surface area contributed by atoms with Crippen molar-refractivity contribution in [3.63, 3.8) is 0 Å². The van der Waals surface area contributed by atoms with E-state index >= 15 is 0 Å². The second-order valence-electron chi connectivity index (χ2n) is 6.02. The normalized spacial score (nSPS) is 15.1. The number of nitro benzene ring substituents is 1. The van der Waals surface area contributed by atoms with Gasteiger partial charge in [-0.2, -0.15) is 0 Å². The summed E-state index contributed by atoms with van der Waals surface area (Å²) < 4.78 is 5.48. The number of ether oxygens (including phenoxy) is 1. The molecule has 9 heteroatoms. The third-order valence-electron chi connectivity index (χ3n) is 4.15. The van der Waals surface area contributed by atoms with E-state index in [1.165, 1.54) is 30.2 Å². The Hall–Kier alpha value is -3.17. The van der Waals surface area contributed by atoms with Crippen molar-refractivity contribution in [1.82, 2.24) is 0 Å². The Bertz CT molecular complexity index is 1060. The molecule has 0 bridgehead atoms. The highest BCUT2D eigenvalue weighted by Gasteiger charge is 2.34. The summed E-state index contributed by atoms with van der Waals surface area (Å²) in [6.07, 6.45) is 3.73. The minimum Gasteiger partial charge on any atom is -0.504 e. The van der Waals surface area contributed by atoms with Crippen molar-refractivity contribution in [2.24, 2.45) is 0 Å². The molecule has 148 valence electrons. The summed E-state index contributed by atoms with van der Waals surface area (Å²) >= 11 is 6.42. The fraction of sp³-hybridized carbons (Fsp3) is 0.100. The van der Waals surface area contributed by atoms with E-state index in [-0.39, 0.29) is 27.4 Å². The summed E-state index contributed by atoms with van der Waals surface area (Å²) in [6.45, 7) is 3.67. The Kier molecular flexibility index (Phi) is 6.00. The van der Waals surface area contributed by atoms with E-state index in [2.05, 4.69) is 6.58 Å². The molecule has 1 heterocycles. The average molecular weight is 428 g/mol. The van der Waals surface area contributed by atoms with E-state index in [0.29, 0.717) is 28.1 Å². The number of non-ortho nitro benzene ring substituents is 1. The Labute approximate surface area is 176 Å². The largest absolute Gasteiger partial charge is 0.504 e. The molecular weight excluding hydrogens is 412 g/mol. The van der Waals surface area contributed by atoms with Gasteiger partial charge in [0, 0.05) is 17.7 Å². The Morgan fingerprint density at radius 3 is 2.79 bits per heavy atom. The van der Waals surface area contributed by atoms with Gasteiger partial charge in [0.25, 0.3) is 11.6 Å². The average Bonchev–Trinajstić information content (AvgIpc) is 2.97. The van der Waals surface area contributed by atoms with Crippen LogP contribution in [0.25, 0.3) is 6.08 Å². The number of aromatic hydroxyl groups is 1. The van der Waals surface area contributed by atoms with Crippen LogP contribution in [0.2, 0.25) is 0 Å². The maximum absolute atomic E-state index is 12.9. The quantitative estimate of drug-likeness (QED) is 0.239. The van der Waals surface area contributed by atoms with Gasteiger partial charge in [-0.25, -0.2) is 0 Å². The van der Waals surface area contributed by atoms with Gasteiger partial charge < -0.3 is 9.84 Å². The molecule has 0 unspecified atom stereocenters. The number of benzene rings is 2. The smallest absolute Gasteiger partial charge is 0.271 e. The molecule has 29 heavy (non-hydrogen) atoms. The topological polar surface area (TPSA) is 92.9 Å². The molecule has 0 aliphatic carbocycles. The highest BCUT2D eigenvalue weighted by atomic mass is 32.2. The predicted octanol–water partition coefficient (Wildman–Crippen LogP) is 4.44. The summed E-state index contributed by atoms with van der Waals surface area (Å²) in [4.78, 5) is 25.0. The number of anilines is 1. The van der Waals surface area contributed by atoms with Gasteiger partial charge in [-0.15, -0.1) is 6.58 Å². The molecular formula is C20H16N2O5S2. The second-order valence-corrected chi connectivity index (χ2v) is 7.69. The first kappa shape index (κ1) is 20.6.